The number of pyridine rings is 2. The third kappa shape index (κ3) is 5.78. The second-order valence-electron chi connectivity index (χ2n) is 10.3. The normalized spacial score (nSPS) is 15.7. The van der Waals surface area contributed by atoms with E-state index in [9.17, 15) is 9.59 Å². The summed E-state index contributed by atoms with van der Waals surface area (Å²) < 4.78 is 6.10. The Bertz CT molecular complexity index is 1710. The number of nitrogens with zero attached hydrogens (tertiary/aromatic N) is 5. The van der Waals surface area contributed by atoms with E-state index in [1.54, 1.807) is 17.2 Å². The molecule has 0 spiro atoms. The molecule has 220 valence electrons. The van der Waals surface area contributed by atoms with E-state index in [0.717, 1.165) is 34.6 Å². The molecule has 1 fully saturated rings. The van der Waals surface area contributed by atoms with Gasteiger partial charge < -0.3 is 25.2 Å². The van der Waals surface area contributed by atoms with Gasteiger partial charge >= 0.3 is 0 Å². The van der Waals surface area contributed by atoms with Crippen molar-refractivity contribution in [3.8, 4) is 17.0 Å². The van der Waals surface area contributed by atoms with Gasteiger partial charge in [-0.1, -0.05) is 54.6 Å². The highest BCUT2D eigenvalue weighted by Crippen LogP contribution is 2.37. The quantitative estimate of drug-likeness (QED) is 0.254. The number of thiazole rings is 1. The molecule has 2 aliphatic rings. The van der Waals surface area contributed by atoms with E-state index in [-0.39, 0.29) is 17.9 Å². The fourth-order valence-corrected chi connectivity index (χ4v) is 6.22. The maximum Gasteiger partial charge on any atom is 0.267 e. The van der Waals surface area contributed by atoms with Crippen LogP contribution < -0.4 is 20.3 Å². The van der Waals surface area contributed by atoms with Crippen molar-refractivity contribution in [2.75, 3.05) is 41.8 Å². The van der Waals surface area contributed by atoms with Gasteiger partial charge in [-0.2, -0.15) is 0 Å². The zero-order valence-electron chi connectivity index (χ0n) is 23.8. The first-order valence-corrected chi connectivity index (χ1v) is 15.1. The number of anilines is 4. The number of amides is 2. The van der Waals surface area contributed by atoms with Gasteiger partial charge in [0.2, 0.25) is 5.91 Å². The van der Waals surface area contributed by atoms with E-state index in [1.165, 1.54) is 23.6 Å². The fraction of sp³-hybridized carbons (Fsp3) is 0.258. The van der Waals surface area contributed by atoms with Gasteiger partial charge in [-0.25, -0.2) is 15.0 Å². The van der Waals surface area contributed by atoms with E-state index < -0.39 is 0 Å². The third-order valence-corrected chi connectivity index (χ3v) is 8.80. The van der Waals surface area contributed by atoms with Gasteiger partial charge in [0.05, 0.1) is 28.6 Å². The number of fused-ring (bicyclic) bond motifs is 3. The van der Waals surface area contributed by atoms with E-state index in [4.69, 9.17) is 26.3 Å². The first-order chi connectivity index (χ1) is 20.8. The van der Waals surface area contributed by atoms with Crippen LogP contribution in [0.25, 0.3) is 11.3 Å². The number of halogens is 1. The lowest BCUT2D eigenvalue weighted by Gasteiger charge is -2.44. The number of hydrogen-bond donors (Lipinski definition) is 2. The molecule has 12 heteroatoms. The van der Waals surface area contributed by atoms with Gasteiger partial charge in [-0.15, -0.1) is 0 Å². The van der Waals surface area contributed by atoms with Crippen LogP contribution in [0, 0.1) is 6.92 Å². The SMILES string of the molecule is C=CC(=O)N1CCN2c3ncc(-c4ccc(CC)c(Nc5ncc(C(=O)Nc6c(C)cccc6Cl)s5)n4)cc3OC[C@@H]2C1. The number of nitrogens with one attached hydrogen (secondary N) is 2. The van der Waals surface area contributed by atoms with Gasteiger partial charge in [-0.05, 0) is 48.7 Å². The number of benzene rings is 1. The first kappa shape index (κ1) is 28.6. The molecule has 4 aromatic rings. The Kier molecular flexibility index (Phi) is 8.00. The highest BCUT2D eigenvalue weighted by Gasteiger charge is 2.35. The molecule has 2 N–H and O–H groups in total. The van der Waals surface area contributed by atoms with Crippen molar-refractivity contribution in [3.05, 3.63) is 82.5 Å². The monoisotopic (exact) mass is 615 g/mol. The van der Waals surface area contributed by atoms with E-state index >= 15 is 0 Å². The molecule has 0 radical (unpaired) electrons. The van der Waals surface area contributed by atoms with Crippen LogP contribution in [0.2, 0.25) is 5.02 Å². The van der Waals surface area contributed by atoms with Crippen LogP contribution in [-0.4, -0.2) is 63.9 Å². The van der Waals surface area contributed by atoms with Crippen molar-refractivity contribution in [2.24, 2.45) is 0 Å². The van der Waals surface area contributed by atoms with Crippen molar-refractivity contribution in [1.29, 1.82) is 0 Å². The fourth-order valence-electron chi connectivity index (χ4n) is 5.24. The summed E-state index contributed by atoms with van der Waals surface area (Å²) in [5.41, 5.74) is 4.02. The summed E-state index contributed by atoms with van der Waals surface area (Å²) in [6.07, 6.45) is 5.44. The van der Waals surface area contributed by atoms with Crippen LogP contribution in [0.1, 0.15) is 27.7 Å². The van der Waals surface area contributed by atoms with Crippen molar-refractivity contribution in [3.63, 3.8) is 0 Å². The van der Waals surface area contributed by atoms with E-state index in [2.05, 4.69) is 34.0 Å². The Morgan fingerprint density at radius 2 is 2.07 bits per heavy atom. The molecular weight excluding hydrogens is 586 g/mol. The molecule has 1 saturated heterocycles. The third-order valence-electron chi connectivity index (χ3n) is 7.58. The molecule has 1 atom stereocenters. The van der Waals surface area contributed by atoms with Crippen molar-refractivity contribution < 1.29 is 14.3 Å². The van der Waals surface area contributed by atoms with Crippen molar-refractivity contribution >= 4 is 57.2 Å². The summed E-state index contributed by atoms with van der Waals surface area (Å²) in [6, 6.07) is 11.5. The van der Waals surface area contributed by atoms with Crippen LogP contribution in [0.5, 0.6) is 5.75 Å². The Hall–Kier alpha value is -4.48. The lowest BCUT2D eigenvalue weighted by atomic mass is 10.1. The highest BCUT2D eigenvalue weighted by atomic mass is 35.5. The van der Waals surface area contributed by atoms with Crippen LogP contribution in [0.15, 0.2) is 61.4 Å². The second-order valence-corrected chi connectivity index (χ2v) is 11.7. The molecule has 5 heterocycles. The standard InChI is InChI=1S/C31H30ClN7O3S/c1-4-19-9-10-23(20-13-24-29(33-14-20)39-12-11-38(26(40)5-2)16-21(39)17-42-24)35-28(19)37-31-34-15-25(43-31)30(41)36-27-18(3)7-6-8-22(27)32/h5-10,13-15,21H,2,4,11-12,16-17H2,1,3H3,(H,36,41)(H,34,35,37)/t21-/m0/s1. The molecule has 2 amide bonds. The van der Waals surface area contributed by atoms with Crippen LogP contribution in [0.3, 0.4) is 0 Å². The topological polar surface area (TPSA) is 113 Å². The summed E-state index contributed by atoms with van der Waals surface area (Å²) in [5, 5.41) is 7.22. The maximum absolute atomic E-state index is 12.9. The van der Waals surface area contributed by atoms with Gasteiger partial charge in [-0.3, -0.25) is 9.59 Å². The minimum absolute atomic E-state index is 0.0419. The van der Waals surface area contributed by atoms with Crippen molar-refractivity contribution in [1.82, 2.24) is 19.9 Å². The number of rotatable bonds is 7. The second kappa shape index (κ2) is 12.0. The smallest absolute Gasteiger partial charge is 0.267 e. The largest absolute Gasteiger partial charge is 0.487 e. The predicted molar refractivity (Wildman–Crippen MR) is 170 cm³/mol. The summed E-state index contributed by atoms with van der Waals surface area (Å²) in [6.45, 7) is 9.87. The van der Waals surface area contributed by atoms with E-state index in [0.29, 0.717) is 58.5 Å². The number of para-hydroxylation sites is 1. The number of carbonyl (C=O) groups is 2. The number of aryl methyl sites for hydroxylation is 2. The summed E-state index contributed by atoms with van der Waals surface area (Å²) >= 11 is 7.52. The average molecular weight is 616 g/mol. The molecule has 3 aromatic heterocycles. The highest BCUT2D eigenvalue weighted by molar-refractivity contribution is 7.17. The molecule has 43 heavy (non-hydrogen) atoms. The van der Waals surface area contributed by atoms with Crippen molar-refractivity contribution in [2.45, 2.75) is 26.3 Å². The zero-order chi connectivity index (χ0) is 30.1. The molecule has 1 aromatic carbocycles. The minimum Gasteiger partial charge on any atom is -0.487 e. The number of aromatic nitrogens is 3. The van der Waals surface area contributed by atoms with Crippen LogP contribution in [-0.2, 0) is 11.2 Å². The Morgan fingerprint density at radius 1 is 1.21 bits per heavy atom. The number of carbonyl (C=O) groups excluding carboxylic acids is 2. The Labute approximate surface area is 258 Å². The van der Waals surface area contributed by atoms with Gasteiger partial charge in [0, 0.05) is 31.4 Å². The predicted octanol–water partition coefficient (Wildman–Crippen LogP) is 5.72. The van der Waals surface area contributed by atoms with Gasteiger partial charge in [0.25, 0.3) is 5.91 Å². The summed E-state index contributed by atoms with van der Waals surface area (Å²) in [7, 11) is 0. The molecule has 0 aliphatic carbocycles. The summed E-state index contributed by atoms with van der Waals surface area (Å²) in [4.78, 5) is 43.5. The van der Waals surface area contributed by atoms with Gasteiger partial charge in [0.1, 0.15) is 17.3 Å². The Balaban J connectivity index is 1.20. The molecule has 0 saturated carbocycles. The lowest BCUT2D eigenvalue weighted by Crippen LogP contribution is -2.58. The first-order valence-electron chi connectivity index (χ1n) is 13.9. The molecular formula is C31H30ClN7O3S. The zero-order valence-corrected chi connectivity index (χ0v) is 25.3. The average Bonchev–Trinajstić information content (AvgIpc) is 3.50. The van der Waals surface area contributed by atoms with Crippen LogP contribution >= 0.6 is 22.9 Å². The molecule has 6 rings (SSSR count). The Morgan fingerprint density at radius 3 is 2.86 bits per heavy atom. The van der Waals surface area contributed by atoms with Crippen LogP contribution in [0.4, 0.5) is 22.5 Å². The van der Waals surface area contributed by atoms with Gasteiger partial charge in [0.15, 0.2) is 16.7 Å². The molecule has 2 aliphatic heterocycles. The van der Waals surface area contributed by atoms with E-state index in [1.807, 2.05) is 37.3 Å². The lowest BCUT2D eigenvalue weighted by molar-refractivity contribution is -0.127. The molecule has 0 unspecified atom stereocenters. The number of hydrogen-bond acceptors (Lipinski definition) is 9. The summed E-state index contributed by atoms with van der Waals surface area (Å²) in [5.74, 6) is 1.77. The molecule has 10 nitrogen and oxygen atoms in total. The molecule has 0 bridgehead atoms. The maximum atomic E-state index is 12.9. The number of ether oxygens (including phenoxy) is 1. The minimum atomic E-state index is -0.282. The number of piperazine rings is 1.